The Morgan fingerprint density at radius 2 is 1.96 bits per heavy atom. The number of rotatable bonds is 9. The number of aliphatic hydroxyl groups is 1. The molecule has 2 aromatic carbocycles. The van der Waals surface area contributed by atoms with E-state index >= 15 is 0 Å². The van der Waals surface area contributed by atoms with Gasteiger partial charge >= 0.3 is 0 Å². The quantitative estimate of drug-likeness (QED) is 0.377. The number of nitrogen functional groups attached to an aromatic ring is 1. The monoisotopic (exact) mass is 409 g/mol. The Hall–Kier alpha value is -2.48. The summed E-state index contributed by atoms with van der Waals surface area (Å²) < 4.78 is 19.7. The zero-order valence-corrected chi connectivity index (χ0v) is 16.4. The van der Waals surface area contributed by atoms with Gasteiger partial charge in [0.05, 0.1) is 0 Å². The maximum atomic E-state index is 14.4. The van der Waals surface area contributed by atoms with Gasteiger partial charge in [0, 0.05) is 31.4 Å². The summed E-state index contributed by atoms with van der Waals surface area (Å²) in [7, 11) is 1.36. The van der Waals surface area contributed by atoms with Crippen LogP contribution in [0.2, 0.25) is 0 Å². The minimum atomic E-state index is -1.09. The van der Waals surface area contributed by atoms with E-state index in [1.54, 1.807) is 36.4 Å². The van der Waals surface area contributed by atoms with E-state index in [1.165, 1.54) is 13.2 Å². The minimum Gasteiger partial charge on any atom is -0.396 e. The van der Waals surface area contributed by atoms with Gasteiger partial charge in [-0.1, -0.05) is 36.4 Å². The highest BCUT2D eigenvalue weighted by Crippen LogP contribution is 2.26. The van der Waals surface area contributed by atoms with Crippen molar-refractivity contribution in [1.82, 2.24) is 5.32 Å². The molecule has 0 bridgehead atoms. The second kappa shape index (κ2) is 11.4. The van der Waals surface area contributed by atoms with E-state index in [9.17, 15) is 9.18 Å². The van der Waals surface area contributed by atoms with E-state index in [0.29, 0.717) is 24.0 Å². The van der Waals surface area contributed by atoms with Crippen LogP contribution in [-0.4, -0.2) is 30.6 Å². The van der Waals surface area contributed by atoms with Gasteiger partial charge < -0.3 is 20.9 Å². The normalized spacial score (nSPS) is 11.4. The van der Waals surface area contributed by atoms with E-state index < -0.39 is 17.8 Å². The van der Waals surface area contributed by atoms with Crippen LogP contribution in [0.1, 0.15) is 34.8 Å². The summed E-state index contributed by atoms with van der Waals surface area (Å²) >= 11 is 0. The molecule has 0 radical (unpaired) electrons. The highest BCUT2D eigenvalue weighted by molar-refractivity contribution is 5.94. The average molecular weight is 410 g/mol. The van der Waals surface area contributed by atoms with Crippen molar-refractivity contribution in [1.29, 1.82) is 5.41 Å². The van der Waals surface area contributed by atoms with E-state index in [1.807, 2.05) is 0 Å². The summed E-state index contributed by atoms with van der Waals surface area (Å²) in [6.07, 6.45) is -0.170. The Bertz CT molecular complexity index is 800. The van der Waals surface area contributed by atoms with Crippen molar-refractivity contribution in [2.75, 3.05) is 13.7 Å². The van der Waals surface area contributed by atoms with Crippen LogP contribution < -0.4 is 11.1 Å². The predicted octanol–water partition coefficient (Wildman–Crippen LogP) is 2.46. The molecule has 0 unspecified atom stereocenters. The molecule has 0 fully saturated rings. The lowest BCUT2D eigenvalue weighted by molar-refractivity contribution is -0.131. The topological polar surface area (TPSA) is 108 Å². The van der Waals surface area contributed by atoms with Gasteiger partial charge in [-0.3, -0.25) is 10.2 Å². The van der Waals surface area contributed by atoms with E-state index in [4.69, 9.17) is 21.0 Å². The molecule has 5 N–H and O–H groups in total. The van der Waals surface area contributed by atoms with Crippen LogP contribution >= 0.6 is 12.4 Å². The SMILES string of the molecule is CO[C@H](C(=O)NCc1ccc(C(=N)N)cc1)c1c(F)cccc1CCCO.Cl. The summed E-state index contributed by atoms with van der Waals surface area (Å²) in [6, 6.07) is 11.5. The first-order valence-electron chi connectivity index (χ1n) is 8.60. The van der Waals surface area contributed by atoms with Gasteiger partial charge in [0.25, 0.3) is 5.91 Å². The first-order chi connectivity index (χ1) is 13.0. The van der Waals surface area contributed by atoms with Crippen molar-refractivity contribution in [3.63, 3.8) is 0 Å². The molecule has 0 aliphatic carbocycles. The Labute approximate surface area is 169 Å². The van der Waals surface area contributed by atoms with Gasteiger partial charge in [0.1, 0.15) is 11.7 Å². The maximum absolute atomic E-state index is 14.4. The van der Waals surface area contributed by atoms with E-state index in [2.05, 4.69) is 5.32 Å². The summed E-state index contributed by atoms with van der Waals surface area (Å²) in [6.45, 7) is 0.216. The zero-order chi connectivity index (χ0) is 19.8. The van der Waals surface area contributed by atoms with Gasteiger partial charge in [-0.2, -0.15) is 0 Å². The highest BCUT2D eigenvalue weighted by atomic mass is 35.5. The molecule has 0 aliphatic heterocycles. The number of hydrogen-bond donors (Lipinski definition) is 4. The first-order valence-corrected chi connectivity index (χ1v) is 8.60. The van der Waals surface area contributed by atoms with Crippen LogP contribution in [-0.2, 0) is 22.5 Å². The molecule has 1 atom stereocenters. The number of benzene rings is 2. The number of aliphatic hydroxyl groups excluding tert-OH is 1. The molecule has 0 aliphatic rings. The number of aryl methyl sites for hydroxylation is 1. The van der Waals surface area contributed by atoms with Gasteiger partial charge in [-0.15, -0.1) is 12.4 Å². The summed E-state index contributed by atoms with van der Waals surface area (Å²) in [5, 5.41) is 19.2. The lowest BCUT2D eigenvalue weighted by Gasteiger charge is -2.19. The third-order valence-electron chi connectivity index (χ3n) is 4.22. The van der Waals surface area contributed by atoms with Crippen LogP contribution in [0.4, 0.5) is 4.39 Å². The van der Waals surface area contributed by atoms with Crippen molar-refractivity contribution < 1.29 is 19.0 Å². The van der Waals surface area contributed by atoms with Crippen molar-refractivity contribution in [3.05, 3.63) is 70.5 Å². The highest BCUT2D eigenvalue weighted by Gasteiger charge is 2.26. The number of carbonyl (C=O) groups is 1. The average Bonchev–Trinajstić information content (AvgIpc) is 2.67. The second-order valence-corrected chi connectivity index (χ2v) is 6.08. The Morgan fingerprint density at radius 1 is 1.29 bits per heavy atom. The number of nitrogens with one attached hydrogen (secondary N) is 2. The summed E-state index contributed by atoms with van der Waals surface area (Å²) in [5.41, 5.74) is 7.66. The molecule has 2 aromatic rings. The number of nitrogens with two attached hydrogens (primary N) is 1. The second-order valence-electron chi connectivity index (χ2n) is 6.08. The fourth-order valence-corrected chi connectivity index (χ4v) is 2.80. The smallest absolute Gasteiger partial charge is 0.254 e. The van der Waals surface area contributed by atoms with Crippen molar-refractivity contribution in [3.8, 4) is 0 Å². The molecule has 0 saturated heterocycles. The molecule has 0 saturated carbocycles. The van der Waals surface area contributed by atoms with Crippen LogP contribution in [0.3, 0.4) is 0 Å². The minimum absolute atomic E-state index is 0. The Kier molecular flexibility index (Phi) is 9.58. The zero-order valence-electron chi connectivity index (χ0n) is 15.6. The third-order valence-corrected chi connectivity index (χ3v) is 4.22. The molecule has 28 heavy (non-hydrogen) atoms. The molecule has 2 rings (SSSR count). The van der Waals surface area contributed by atoms with Crippen LogP contribution in [0.25, 0.3) is 0 Å². The van der Waals surface area contributed by atoms with Gasteiger partial charge in [-0.05, 0) is 30.0 Å². The number of methoxy groups -OCH3 is 1. The lowest BCUT2D eigenvalue weighted by atomic mass is 9.97. The Balaban J connectivity index is 0.00000392. The van der Waals surface area contributed by atoms with Gasteiger partial charge in [0.15, 0.2) is 6.10 Å². The Morgan fingerprint density at radius 3 is 2.54 bits per heavy atom. The molecule has 0 heterocycles. The number of ether oxygens (including phenoxy) is 1. The van der Waals surface area contributed by atoms with Crippen molar-refractivity contribution in [2.45, 2.75) is 25.5 Å². The fraction of sp³-hybridized carbons (Fsp3) is 0.300. The van der Waals surface area contributed by atoms with Gasteiger partial charge in [-0.25, -0.2) is 4.39 Å². The van der Waals surface area contributed by atoms with Crippen LogP contribution in [0.5, 0.6) is 0 Å². The molecule has 8 heteroatoms. The maximum Gasteiger partial charge on any atom is 0.254 e. The first kappa shape index (κ1) is 23.6. The summed E-state index contributed by atoms with van der Waals surface area (Å²) in [4.78, 5) is 12.6. The molecule has 152 valence electrons. The standard InChI is InChI=1S/C20H24FN3O3.ClH/c1-27-18(17-14(5-3-11-25)4-2-6-16(17)21)20(26)24-12-13-7-9-15(10-8-13)19(22)23;/h2,4,6-10,18,25H,3,5,11-12H2,1H3,(H3,22,23)(H,24,26);1H/t18-;/m0./s1. The molecule has 0 spiro atoms. The molecule has 0 aromatic heterocycles. The number of hydrogen-bond acceptors (Lipinski definition) is 4. The van der Waals surface area contributed by atoms with Crippen molar-refractivity contribution in [2.24, 2.45) is 5.73 Å². The predicted molar refractivity (Wildman–Crippen MR) is 108 cm³/mol. The largest absolute Gasteiger partial charge is 0.396 e. The molecular formula is C20H25ClFN3O3. The number of halogens is 2. The third kappa shape index (κ3) is 6.02. The fourth-order valence-electron chi connectivity index (χ4n) is 2.80. The number of amidine groups is 1. The van der Waals surface area contributed by atoms with Crippen LogP contribution in [0.15, 0.2) is 42.5 Å². The van der Waals surface area contributed by atoms with Crippen LogP contribution in [0, 0.1) is 11.2 Å². The summed E-state index contributed by atoms with van der Waals surface area (Å²) in [5.74, 6) is -0.998. The molecule has 1 amide bonds. The number of carbonyl (C=O) groups excluding carboxylic acids is 1. The van der Waals surface area contributed by atoms with Crippen molar-refractivity contribution >= 4 is 24.1 Å². The van der Waals surface area contributed by atoms with Gasteiger partial charge in [0.2, 0.25) is 0 Å². The lowest BCUT2D eigenvalue weighted by Crippen LogP contribution is -2.31. The van der Waals surface area contributed by atoms with E-state index in [0.717, 1.165) is 5.56 Å². The van der Waals surface area contributed by atoms with E-state index in [-0.39, 0.29) is 37.0 Å². The molecule has 6 nitrogen and oxygen atoms in total. The molecular weight excluding hydrogens is 385 g/mol. The number of amides is 1.